The van der Waals surface area contributed by atoms with E-state index in [4.69, 9.17) is 16.6 Å². The van der Waals surface area contributed by atoms with Crippen molar-refractivity contribution in [3.63, 3.8) is 0 Å². The van der Waals surface area contributed by atoms with Gasteiger partial charge in [0.05, 0.1) is 11.4 Å². The number of nitrogens with zero attached hydrogens (tertiary/aromatic N) is 2. The lowest BCUT2D eigenvalue weighted by atomic mass is 10.0. The number of fused-ring (bicyclic) bond motifs is 2. The van der Waals surface area contributed by atoms with Crippen LogP contribution in [0.4, 0.5) is 5.69 Å². The number of likely N-dealkylation sites (tertiary alicyclic amines) is 1. The van der Waals surface area contributed by atoms with Gasteiger partial charge in [-0.3, -0.25) is 4.79 Å². The second kappa shape index (κ2) is 8.29. The van der Waals surface area contributed by atoms with Crippen LogP contribution in [0.2, 0.25) is 5.02 Å². The van der Waals surface area contributed by atoms with Crippen LogP contribution >= 0.6 is 23.4 Å². The Morgan fingerprint density at radius 3 is 2.47 bits per heavy atom. The minimum Gasteiger partial charge on any atom is -0.339 e. The van der Waals surface area contributed by atoms with Crippen molar-refractivity contribution in [3.05, 3.63) is 88.4 Å². The van der Waals surface area contributed by atoms with E-state index in [1.165, 1.54) is 6.42 Å². The molecule has 0 unspecified atom stereocenters. The van der Waals surface area contributed by atoms with Crippen LogP contribution in [0.25, 0.3) is 0 Å². The van der Waals surface area contributed by atoms with E-state index in [2.05, 4.69) is 12.1 Å². The zero-order chi connectivity index (χ0) is 20.5. The summed E-state index contributed by atoms with van der Waals surface area (Å²) in [5.74, 6) is 0.104. The van der Waals surface area contributed by atoms with Crippen LogP contribution in [0, 0.1) is 0 Å². The predicted molar refractivity (Wildman–Crippen MR) is 124 cm³/mol. The highest BCUT2D eigenvalue weighted by atomic mass is 35.5. The average molecular weight is 433 g/mol. The Bertz CT molecular complexity index is 1130. The molecule has 0 aliphatic carbocycles. The molecule has 0 saturated carbocycles. The Balaban J connectivity index is 1.60. The third kappa shape index (κ3) is 3.78. The number of halogens is 1. The molecular weight excluding hydrogens is 412 g/mol. The summed E-state index contributed by atoms with van der Waals surface area (Å²) in [5.41, 5.74) is 4.54. The zero-order valence-electron chi connectivity index (χ0n) is 16.5. The summed E-state index contributed by atoms with van der Waals surface area (Å²) >= 11 is 7.80. The molecule has 0 spiro atoms. The van der Waals surface area contributed by atoms with Gasteiger partial charge in [-0.05, 0) is 55.7 Å². The number of aliphatic imine (C=N–C) groups is 1. The molecule has 2 aliphatic heterocycles. The quantitative estimate of drug-likeness (QED) is 0.357. The molecule has 3 nitrogen and oxygen atoms in total. The summed E-state index contributed by atoms with van der Waals surface area (Å²) in [6.45, 7) is 1.69. The predicted octanol–water partition coefficient (Wildman–Crippen LogP) is 6.60. The summed E-state index contributed by atoms with van der Waals surface area (Å²) < 4.78 is 0. The maximum absolute atomic E-state index is 13.0. The van der Waals surface area contributed by atoms with Crippen LogP contribution in [0.1, 0.15) is 40.7 Å². The van der Waals surface area contributed by atoms with Gasteiger partial charge in [0.15, 0.2) is 0 Å². The number of piperidine rings is 1. The Morgan fingerprint density at radius 1 is 0.900 bits per heavy atom. The first-order chi connectivity index (χ1) is 14.7. The fraction of sp³-hybridized carbons (Fsp3) is 0.200. The highest BCUT2D eigenvalue weighted by Crippen LogP contribution is 2.41. The molecule has 0 atom stereocenters. The number of amides is 1. The lowest BCUT2D eigenvalue weighted by Gasteiger charge is -2.26. The Labute approximate surface area is 185 Å². The number of carbonyl (C=O) groups excluding carboxylic acids is 1. The van der Waals surface area contributed by atoms with E-state index in [9.17, 15) is 4.79 Å². The van der Waals surface area contributed by atoms with E-state index in [1.54, 1.807) is 11.8 Å². The molecule has 1 fully saturated rings. The maximum Gasteiger partial charge on any atom is 0.253 e. The maximum atomic E-state index is 13.0. The van der Waals surface area contributed by atoms with Gasteiger partial charge in [0.25, 0.3) is 5.91 Å². The van der Waals surface area contributed by atoms with Crippen molar-refractivity contribution in [2.24, 2.45) is 4.99 Å². The Hall–Kier alpha value is -2.56. The van der Waals surface area contributed by atoms with Gasteiger partial charge < -0.3 is 4.90 Å². The Morgan fingerprint density at radius 2 is 1.67 bits per heavy atom. The molecule has 1 amide bonds. The molecule has 0 aromatic heterocycles. The lowest BCUT2D eigenvalue weighted by molar-refractivity contribution is 0.0724. The molecule has 5 heteroatoms. The molecule has 2 heterocycles. The lowest BCUT2D eigenvalue weighted by Crippen LogP contribution is -2.35. The van der Waals surface area contributed by atoms with Crippen molar-refractivity contribution >= 4 is 40.7 Å². The monoisotopic (exact) mass is 432 g/mol. The van der Waals surface area contributed by atoms with Crippen LogP contribution in [0.3, 0.4) is 0 Å². The van der Waals surface area contributed by atoms with E-state index in [-0.39, 0.29) is 5.91 Å². The van der Waals surface area contributed by atoms with Crippen molar-refractivity contribution in [3.8, 4) is 0 Å². The first-order valence-electron chi connectivity index (χ1n) is 10.2. The van der Waals surface area contributed by atoms with Crippen molar-refractivity contribution in [1.29, 1.82) is 0 Å². The number of hydrogen-bond donors (Lipinski definition) is 0. The minimum absolute atomic E-state index is 0.104. The zero-order valence-corrected chi connectivity index (χ0v) is 18.0. The van der Waals surface area contributed by atoms with Crippen molar-refractivity contribution in [1.82, 2.24) is 4.90 Å². The fourth-order valence-corrected chi connectivity index (χ4v) is 5.11. The minimum atomic E-state index is 0.104. The average Bonchev–Trinajstić information content (AvgIpc) is 2.96. The molecule has 0 N–H and O–H groups in total. The summed E-state index contributed by atoms with van der Waals surface area (Å²) in [6.07, 6.45) is 3.37. The normalized spacial score (nSPS) is 15.6. The number of carbonyl (C=O) groups is 1. The van der Waals surface area contributed by atoms with Crippen LogP contribution in [0.5, 0.6) is 0 Å². The molecule has 3 aromatic carbocycles. The smallest absolute Gasteiger partial charge is 0.253 e. The summed E-state index contributed by atoms with van der Waals surface area (Å²) in [4.78, 5) is 22.3. The number of benzene rings is 3. The van der Waals surface area contributed by atoms with E-state index in [0.29, 0.717) is 10.6 Å². The number of rotatable bonds is 2. The second-order valence-corrected chi connectivity index (χ2v) is 9.12. The van der Waals surface area contributed by atoms with Crippen molar-refractivity contribution in [2.45, 2.75) is 29.1 Å². The van der Waals surface area contributed by atoms with E-state index in [1.807, 2.05) is 59.5 Å². The standard InChI is InChI=1S/C25H21ClN2OS/c26-19-11-8-17(9-12-19)24-20-6-2-3-7-22(20)30-23-13-10-18(16-21(23)27-24)25(29)28-14-4-1-5-15-28/h2-3,6-13,16H,1,4-5,14-15H2. The van der Waals surface area contributed by atoms with Crippen molar-refractivity contribution in [2.75, 3.05) is 13.1 Å². The fourth-order valence-electron chi connectivity index (χ4n) is 3.98. The van der Waals surface area contributed by atoms with Gasteiger partial charge in [-0.1, -0.05) is 53.7 Å². The molecule has 3 aromatic rings. The van der Waals surface area contributed by atoms with Crippen LogP contribution < -0.4 is 0 Å². The van der Waals surface area contributed by atoms with Gasteiger partial charge in [0.1, 0.15) is 0 Å². The van der Waals surface area contributed by atoms with Crippen molar-refractivity contribution < 1.29 is 4.79 Å². The SMILES string of the molecule is O=C(c1ccc2c(c1)N=C(c1ccc(Cl)cc1)c1ccccc1S2)N1CCCCC1. The van der Waals surface area contributed by atoms with Crippen LogP contribution in [0.15, 0.2) is 81.5 Å². The molecule has 5 rings (SSSR count). The molecule has 1 saturated heterocycles. The van der Waals surface area contributed by atoms with Gasteiger partial charge in [-0.15, -0.1) is 0 Å². The topological polar surface area (TPSA) is 32.7 Å². The third-order valence-corrected chi connectivity index (χ3v) is 6.95. The second-order valence-electron chi connectivity index (χ2n) is 7.60. The molecule has 30 heavy (non-hydrogen) atoms. The van der Waals surface area contributed by atoms with Gasteiger partial charge in [0, 0.05) is 44.6 Å². The van der Waals surface area contributed by atoms with Crippen LogP contribution in [-0.4, -0.2) is 29.6 Å². The molecule has 150 valence electrons. The molecular formula is C25H21ClN2OS. The molecule has 2 aliphatic rings. The molecule has 0 bridgehead atoms. The van der Waals surface area contributed by atoms with Gasteiger partial charge in [0.2, 0.25) is 0 Å². The van der Waals surface area contributed by atoms with E-state index < -0.39 is 0 Å². The third-order valence-electron chi connectivity index (χ3n) is 5.56. The first-order valence-corrected chi connectivity index (χ1v) is 11.4. The molecule has 0 radical (unpaired) electrons. The largest absolute Gasteiger partial charge is 0.339 e. The van der Waals surface area contributed by atoms with E-state index in [0.717, 1.165) is 58.2 Å². The summed E-state index contributed by atoms with van der Waals surface area (Å²) in [5, 5.41) is 0.699. The van der Waals surface area contributed by atoms with Gasteiger partial charge in [-0.25, -0.2) is 4.99 Å². The van der Waals surface area contributed by atoms with Crippen LogP contribution in [-0.2, 0) is 0 Å². The highest BCUT2D eigenvalue weighted by Gasteiger charge is 2.22. The first kappa shape index (κ1) is 19.4. The summed E-state index contributed by atoms with van der Waals surface area (Å²) in [6, 6.07) is 22.0. The van der Waals surface area contributed by atoms with Gasteiger partial charge >= 0.3 is 0 Å². The van der Waals surface area contributed by atoms with Gasteiger partial charge in [-0.2, -0.15) is 0 Å². The Kier molecular flexibility index (Phi) is 5.36. The highest BCUT2D eigenvalue weighted by molar-refractivity contribution is 7.99. The number of hydrogen-bond acceptors (Lipinski definition) is 3. The summed E-state index contributed by atoms with van der Waals surface area (Å²) in [7, 11) is 0. The van der Waals surface area contributed by atoms with E-state index >= 15 is 0 Å².